The van der Waals surface area contributed by atoms with Crippen LogP contribution in [0.2, 0.25) is 0 Å². The molecule has 0 saturated carbocycles. The third kappa shape index (κ3) is 3.32. The summed E-state index contributed by atoms with van der Waals surface area (Å²) in [5.74, 6) is -1.23. The standard InChI is InChI=1S/C6H10O4/c7-3-1-5(9)6(10)2-4-8/h7-8H,1-4H2. The second-order valence-electron chi connectivity index (χ2n) is 1.79. The average Bonchev–Trinajstić information content (AvgIpc) is 1.89. The van der Waals surface area contributed by atoms with E-state index in [1.54, 1.807) is 0 Å². The van der Waals surface area contributed by atoms with Crippen molar-refractivity contribution in [1.82, 2.24) is 0 Å². The average molecular weight is 146 g/mol. The van der Waals surface area contributed by atoms with Crippen molar-refractivity contribution in [3.63, 3.8) is 0 Å². The highest BCUT2D eigenvalue weighted by Gasteiger charge is 2.10. The van der Waals surface area contributed by atoms with Gasteiger partial charge in [-0.3, -0.25) is 9.59 Å². The third-order valence-electron chi connectivity index (χ3n) is 0.989. The van der Waals surface area contributed by atoms with Gasteiger partial charge in [-0.05, 0) is 0 Å². The minimum absolute atomic E-state index is 0.140. The quantitative estimate of drug-likeness (QED) is 0.482. The number of carbonyl (C=O) groups is 2. The Morgan fingerprint density at radius 2 is 1.20 bits per heavy atom. The number of aliphatic hydroxyl groups excluding tert-OH is 2. The van der Waals surface area contributed by atoms with Crippen LogP contribution in [0.3, 0.4) is 0 Å². The van der Waals surface area contributed by atoms with E-state index in [0.29, 0.717) is 0 Å². The number of hydrogen-bond donors (Lipinski definition) is 2. The summed E-state index contributed by atoms with van der Waals surface area (Å²) in [6.45, 7) is -0.619. The highest BCUT2D eigenvalue weighted by molar-refractivity contribution is 6.37. The van der Waals surface area contributed by atoms with E-state index in [1.165, 1.54) is 0 Å². The molecule has 0 amide bonds. The van der Waals surface area contributed by atoms with Crippen LogP contribution < -0.4 is 0 Å². The fourth-order valence-electron chi connectivity index (χ4n) is 0.482. The number of hydrogen-bond acceptors (Lipinski definition) is 4. The lowest BCUT2D eigenvalue weighted by Crippen LogP contribution is -2.15. The maximum Gasteiger partial charge on any atom is 0.200 e. The van der Waals surface area contributed by atoms with Gasteiger partial charge in [-0.2, -0.15) is 0 Å². The predicted octanol–water partition coefficient (Wildman–Crippen LogP) is -1.11. The Morgan fingerprint density at radius 3 is 1.40 bits per heavy atom. The first kappa shape index (κ1) is 9.26. The Balaban J connectivity index is 3.60. The molecule has 58 valence electrons. The van der Waals surface area contributed by atoms with E-state index in [2.05, 4.69) is 0 Å². The lowest BCUT2D eigenvalue weighted by molar-refractivity contribution is -0.137. The highest BCUT2D eigenvalue weighted by Crippen LogP contribution is 1.88. The molecule has 0 aliphatic heterocycles. The van der Waals surface area contributed by atoms with E-state index in [1.807, 2.05) is 0 Å². The van der Waals surface area contributed by atoms with Gasteiger partial charge in [0.05, 0.1) is 13.2 Å². The topological polar surface area (TPSA) is 74.6 Å². The van der Waals surface area contributed by atoms with Crippen LogP contribution in [0.1, 0.15) is 12.8 Å². The van der Waals surface area contributed by atoms with Gasteiger partial charge in [-0.25, -0.2) is 0 Å². The van der Waals surface area contributed by atoms with Gasteiger partial charge in [-0.1, -0.05) is 0 Å². The molecule has 0 radical (unpaired) electrons. The first-order valence-corrected chi connectivity index (χ1v) is 3.00. The Kier molecular flexibility index (Phi) is 4.70. The number of rotatable bonds is 5. The van der Waals surface area contributed by atoms with Crippen LogP contribution in [0.15, 0.2) is 0 Å². The van der Waals surface area contributed by atoms with Gasteiger partial charge in [0, 0.05) is 12.8 Å². The zero-order chi connectivity index (χ0) is 7.98. The number of ketones is 2. The highest BCUT2D eigenvalue weighted by atomic mass is 16.3. The smallest absolute Gasteiger partial charge is 0.200 e. The van der Waals surface area contributed by atoms with Crippen LogP contribution in [-0.2, 0) is 9.59 Å². The monoisotopic (exact) mass is 146 g/mol. The molecule has 0 unspecified atom stereocenters. The van der Waals surface area contributed by atoms with Crippen LogP contribution in [0.25, 0.3) is 0 Å². The summed E-state index contributed by atoms with van der Waals surface area (Å²) in [7, 11) is 0. The van der Waals surface area contributed by atoms with Crippen molar-refractivity contribution in [3.05, 3.63) is 0 Å². The van der Waals surface area contributed by atoms with Gasteiger partial charge in [-0.15, -0.1) is 0 Å². The largest absolute Gasteiger partial charge is 0.396 e. The van der Waals surface area contributed by atoms with Crippen LogP contribution in [0.4, 0.5) is 0 Å². The Hall–Kier alpha value is -0.740. The summed E-state index contributed by atoms with van der Waals surface area (Å²) >= 11 is 0. The summed E-state index contributed by atoms with van der Waals surface area (Å²) in [4.78, 5) is 21.0. The number of carbonyl (C=O) groups excluding carboxylic acids is 2. The Labute approximate surface area is 58.5 Å². The molecule has 0 saturated heterocycles. The summed E-state index contributed by atoms with van der Waals surface area (Å²) < 4.78 is 0. The van der Waals surface area contributed by atoms with E-state index in [9.17, 15) is 9.59 Å². The summed E-state index contributed by atoms with van der Waals surface area (Å²) in [5, 5.41) is 16.4. The summed E-state index contributed by atoms with van der Waals surface area (Å²) in [6.07, 6.45) is -0.280. The Morgan fingerprint density at radius 1 is 0.900 bits per heavy atom. The van der Waals surface area contributed by atoms with E-state index in [-0.39, 0.29) is 26.1 Å². The van der Waals surface area contributed by atoms with Crippen molar-refractivity contribution in [1.29, 1.82) is 0 Å². The molecule has 0 fully saturated rings. The van der Waals surface area contributed by atoms with Crippen LogP contribution in [-0.4, -0.2) is 35.0 Å². The molecule has 4 heteroatoms. The van der Waals surface area contributed by atoms with E-state index < -0.39 is 11.6 Å². The summed E-state index contributed by atoms with van der Waals surface area (Å²) in [5.41, 5.74) is 0. The second-order valence-corrected chi connectivity index (χ2v) is 1.79. The number of Topliss-reactive ketones (excluding diaryl/α,β-unsaturated/α-hetero) is 2. The van der Waals surface area contributed by atoms with Gasteiger partial charge < -0.3 is 10.2 Å². The number of aliphatic hydroxyl groups is 2. The molecule has 0 atom stereocenters. The predicted molar refractivity (Wildman–Crippen MR) is 33.4 cm³/mol. The lowest BCUT2D eigenvalue weighted by atomic mass is 10.1. The molecule has 0 spiro atoms. The maximum atomic E-state index is 10.5. The van der Waals surface area contributed by atoms with E-state index >= 15 is 0 Å². The summed E-state index contributed by atoms with van der Waals surface area (Å²) in [6, 6.07) is 0. The molecule has 0 aliphatic carbocycles. The molecular formula is C6H10O4. The van der Waals surface area contributed by atoms with Crippen molar-refractivity contribution in [3.8, 4) is 0 Å². The van der Waals surface area contributed by atoms with E-state index in [0.717, 1.165) is 0 Å². The zero-order valence-corrected chi connectivity index (χ0v) is 5.54. The third-order valence-corrected chi connectivity index (χ3v) is 0.989. The van der Waals surface area contributed by atoms with Crippen molar-refractivity contribution in [2.45, 2.75) is 12.8 Å². The molecule has 0 aromatic rings. The molecule has 0 aromatic carbocycles. The molecule has 4 nitrogen and oxygen atoms in total. The van der Waals surface area contributed by atoms with Crippen molar-refractivity contribution in [2.75, 3.05) is 13.2 Å². The molecular weight excluding hydrogens is 136 g/mol. The van der Waals surface area contributed by atoms with Gasteiger partial charge >= 0.3 is 0 Å². The van der Waals surface area contributed by atoms with Crippen molar-refractivity contribution in [2.24, 2.45) is 0 Å². The fraction of sp³-hybridized carbons (Fsp3) is 0.667. The minimum atomic E-state index is -0.614. The normalized spacial score (nSPS) is 9.40. The van der Waals surface area contributed by atoms with Crippen molar-refractivity contribution >= 4 is 11.6 Å². The van der Waals surface area contributed by atoms with E-state index in [4.69, 9.17) is 10.2 Å². The maximum absolute atomic E-state index is 10.5. The molecule has 0 aromatic heterocycles. The fourth-order valence-corrected chi connectivity index (χ4v) is 0.482. The lowest BCUT2D eigenvalue weighted by Gasteiger charge is -1.93. The van der Waals surface area contributed by atoms with Gasteiger partial charge in [0.15, 0.2) is 0 Å². The second kappa shape index (κ2) is 5.08. The zero-order valence-electron chi connectivity index (χ0n) is 5.54. The van der Waals surface area contributed by atoms with Crippen LogP contribution >= 0.6 is 0 Å². The first-order valence-electron chi connectivity index (χ1n) is 3.00. The Bertz CT molecular complexity index is 114. The van der Waals surface area contributed by atoms with Crippen molar-refractivity contribution < 1.29 is 19.8 Å². The SMILES string of the molecule is O=C(CCO)C(=O)CCO. The minimum Gasteiger partial charge on any atom is -0.396 e. The first-order chi connectivity index (χ1) is 4.72. The van der Waals surface area contributed by atoms with Crippen LogP contribution in [0, 0.1) is 0 Å². The van der Waals surface area contributed by atoms with Gasteiger partial charge in [0.2, 0.25) is 11.6 Å². The molecule has 0 rings (SSSR count). The molecule has 0 bridgehead atoms. The molecule has 0 aliphatic rings. The van der Waals surface area contributed by atoms with Gasteiger partial charge in [0.1, 0.15) is 0 Å². The van der Waals surface area contributed by atoms with Crippen LogP contribution in [0.5, 0.6) is 0 Å². The molecule has 10 heavy (non-hydrogen) atoms. The molecule has 0 heterocycles. The molecule has 2 N–H and O–H groups in total. The van der Waals surface area contributed by atoms with Gasteiger partial charge in [0.25, 0.3) is 0 Å².